The number of hydrogen-bond acceptors (Lipinski definition) is 2. The van der Waals surface area contributed by atoms with Crippen molar-refractivity contribution in [3.63, 3.8) is 0 Å². The summed E-state index contributed by atoms with van der Waals surface area (Å²) in [6, 6.07) is 0.624. The summed E-state index contributed by atoms with van der Waals surface area (Å²) in [4.78, 5) is 0. The normalized spacial score (nSPS) is 16.0. The molecule has 0 aromatic rings. The van der Waals surface area contributed by atoms with E-state index in [-0.39, 0.29) is 0 Å². The predicted octanol–water partition coefficient (Wildman–Crippen LogP) is 2.11. The number of hydrogen-bond donors (Lipinski definition) is 2. The Morgan fingerprint density at radius 2 is 1.92 bits per heavy atom. The molecule has 2 atom stereocenters. The van der Waals surface area contributed by atoms with Gasteiger partial charge in [-0.3, -0.25) is 5.32 Å². The zero-order chi connectivity index (χ0) is 9.40. The van der Waals surface area contributed by atoms with Crippen LogP contribution < -0.4 is 10.6 Å². The fraction of sp³-hybridized carbons (Fsp3) is 1.00. The molecule has 0 aliphatic heterocycles. The highest BCUT2D eigenvalue weighted by atomic mass is 15.1. The first-order chi connectivity index (χ1) is 5.74. The Morgan fingerprint density at radius 3 is 2.33 bits per heavy atom. The summed E-state index contributed by atoms with van der Waals surface area (Å²) in [5.74, 6) is 0. The van der Waals surface area contributed by atoms with Gasteiger partial charge in [0.1, 0.15) is 0 Å². The average molecular weight is 172 g/mol. The van der Waals surface area contributed by atoms with Gasteiger partial charge < -0.3 is 5.32 Å². The van der Waals surface area contributed by atoms with Gasteiger partial charge in [-0.2, -0.15) is 0 Å². The lowest BCUT2D eigenvalue weighted by molar-refractivity contribution is 0.369. The molecule has 0 heterocycles. The van der Waals surface area contributed by atoms with Gasteiger partial charge in [0.25, 0.3) is 0 Å². The molecule has 0 bridgehead atoms. The SMILES string of the molecule is CCCCC(NC)NC(C)CC. The van der Waals surface area contributed by atoms with Gasteiger partial charge in [0.05, 0.1) is 6.17 Å². The molecule has 0 fully saturated rings. The van der Waals surface area contributed by atoms with Crippen LogP contribution in [0, 0.1) is 0 Å². The van der Waals surface area contributed by atoms with Crippen LogP contribution in [0.5, 0.6) is 0 Å². The van der Waals surface area contributed by atoms with Gasteiger partial charge in [-0.15, -0.1) is 0 Å². The van der Waals surface area contributed by atoms with Gasteiger partial charge in [0.15, 0.2) is 0 Å². The average Bonchev–Trinajstić information content (AvgIpc) is 2.11. The van der Waals surface area contributed by atoms with Crippen LogP contribution in [0.15, 0.2) is 0 Å². The summed E-state index contributed by atoms with van der Waals surface area (Å²) >= 11 is 0. The van der Waals surface area contributed by atoms with Gasteiger partial charge in [-0.1, -0.05) is 26.7 Å². The van der Waals surface area contributed by atoms with Crippen LogP contribution in [0.25, 0.3) is 0 Å². The molecular weight excluding hydrogens is 148 g/mol. The van der Waals surface area contributed by atoms with E-state index in [0.717, 1.165) is 0 Å². The van der Waals surface area contributed by atoms with Crippen LogP contribution >= 0.6 is 0 Å². The Hall–Kier alpha value is -0.0800. The highest BCUT2D eigenvalue weighted by Crippen LogP contribution is 1.99. The Bertz CT molecular complexity index is 93.8. The quantitative estimate of drug-likeness (QED) is 0.575. The predicted molar refractivity (Wildman–Crippen MR) is 55.3 cm³/mol. The summed E-state index contributed by atoms with van der Waals surface area (Å²) < 4.78 is 0. The second kappa shape index (κ2) is 7.56. The van der Waals surface area contributed by atoms with Gasteiger partial charge in [-0.25, -0.2) is 0 Å². The molecule has 0 saturated carbocycles. The first-order valence-corrected chi connectivity index (χ1v) is 5.17. The molecule has 0 saturated heterocycles. The Morgan fingerprint density at radius 1 is 1.25 bits per heavy atom. The van der Waals surface area contributed by atoms with Crippen molar-refractivity contribution in [2.45, 2.75) is 58.7 Å². The highest BCUT2D eigenvalue weighted by molar-refractivity contribution is 4.66. The molecule has 0 aliphatic rings. The van der Waals surface area contributed by atoms with Crippen molar-refractivity contribution >= 4 is 0 Å². The van der Waals surface area contributed by atoms with Crippen LogP contribution in [-0.4, -0.2) is 19.3 Å². The van der Waals surface area contributed by atoms with E-state index in [2.05, 4.69) is 31.4 Å². The molecule has 74 valence electrons. The Labute approximate surface area is 77.1 Å². The number of nitrogens with one attached hydrogen (secondary N) is 2. The van der Waals surface area contributed by atoms with Crippen molar-refractivity contribution in [1.82, 2.24) is 10.6 Å². The van der Waals surface area contributed by atoms with Crippen molar-refractivity contribution in [3.05, 3.63) is 0 Å². The third-order valence-corrected chi connectivity index (χ3v) is 2.29. The molecule has 0 radical (unpaired) electrons. The number of unbranched alkanes of at least 4 members (excludes halogenated alkanes) is 1. The highest BCUT2D eigenvalue weighted by Gasteiger charge is 2.06. The van der Waals surface area contributed by atoms with E-state index in [9.17, 15) is 0 Å². The smallest absolute Gasteiger partial charge is 0.0571 e. The fourth-order valence-corrected chi connectivity index (χ4v) is 1.18. The second-order valence-corrected chi connectivity index (χ2v) is 3.46. The molecule has 2 N–H and O–H groups in total. The third kappa shape index (κ3) is 5.56. The van der Waals surface area contributed by atoms with E-state index < -0.39 is 0 Å². The standard InChI is InChI=1S/C10H24N2/c1-5-7-8-10(11-4)12-9(3)6-2/h9-12H,5-8H2,1-4H3. The van der Waals surface area contributed by atoms with E-state index in [4.69, 9.17) is 0 Å². The van der Waals surface area contributed by atoms with Crippen molar-refractivity contribution in [3.8, 4) is 0 Å². The van der Waals surface area contributed by atoms with E-state index in [1.807, 2.05) is 7.05 Å². The summed E-state index contributed by atoms with van der Waals surface area (Å²) in [7, 11) is 2.02. The van der Waals surface area contributed by atoms with Crippen molar-refractivity contribution in [1.29, 1.82) is 0 Å². The maximum absolute atomic E-state index is 3.54. The van der Waals surface area contributed by atoms with E-state index in [1.54, 1.807) is 0 Å². The molecule has 12 heavy (non-hydrogen) atoms. The van der Waals surface area contributed by atoms with Crippen molar-refractivity contribution in [2.24, 2.45) is 0 Å². The van der Waals surface area contributed by atoms with Crippen LogP contribution in [0.3, 0.4) is 0 Å². The monoisotopic (exact) mass is 172 g/mol. The molecule has 0 aliphatic carbocycles. The molecule has 2 heteroatoms. The van der Waals surface area contributed by atoms with Gasteiger partial charge in [0, 0.05) is 6.04 Å². The fourth-order valence-electron chi connectivity index (χ4n) is 1.18. The van der Waals surface area contributed by atoms with Gasteiger partial charge >= 0.3 is 0 Å². The minimum Gasteiger partial charge on any atom is -0.305 e. The summed E-state index contributed by atoms with van der Waals surface area (Å²) in [6.07, 6.45) is 5.51. The topological polar surface area (TPSA) is 24.1 Å². The van der Waals surface area contributed by atoms with Crippen molar-refractivity contribution < 1.29 is 0 Å². The third-order valence-electron chi connectivity index (χ3n) is 2.29. The lowest BCUT2D eigenvalue weighted by atomic mass is 10.2. The lowest BCUT2D eigenvalue weighted by Crippen LogP contribution is -2.44. The van der Waals surface area contributed by atoms with Crippen LogP contribution in [0.2, 0.25) is 0 Å². The lowest BCUT2D eigenvalue weighted by Gasteiger charge is -2.21. The summed E-state index contributed by atoms with van der Waals surface area (Å²) in [5.41, 5.74) is 0. The van der Waals surface area contributed by atoms with Crippen molar-refractivity contribution in [2.75, 3.05) is 7.05 Å². The zero-order valence-corrected chi connectivity index (χ0v) is 8.98. The van der Waals surface area contributed by atoms with Crippen LogP contribution in [-0.2, 0) is 0 Å². The van der Waals surface area contributed by atoms with Gasteiger partial charge in [-0.05, 0) is 26.8 Å². The summed E-state index contributed by atoms with van der Waals surface area (Å²) in [5, 5.41) is 6.83. The molecule has 2 nitrogen and oxygen atoms in total. The van der Waals surface area contributed by atoms with E-state index in [1.165, 1.54) is 25.7 Å². The molecule has 0 aromatic heterocycles. The maximum atomic E-state index is 3.54. The minimum absolute atomic E-state index is 0.500. The first-order valence-electron chi connectivity index (χ1n) is 5.17. The van der Waals surface area contributed by atoms with Crippen LogP contribution in [0.1, 0.15) is 46.5 Å². The largest absolute Gasteiger partial charge is 0.305 e. The minimum atomic E-state index is 0.500. The molecule has 0 rings (SSSR count). The first kappa shape index (κ1) is 11.9. The molecule has 0 amide bonds. The van der Waals surface area contributed by atoms with E-state index >= 15 is 0 Å². The maximum Gasteiger partial charge on any atom is 0.0571 e. The Kier molecular flexibility index (Phi) is 7.51. The van der Waals surface area contributed by atoms with Gasteiger partial charge in [0.2, 0.25) is 0 Å². The zero-order valence-electron chi connectivity index (χ0n) is 8.98. The molecule has 0 spiro atoms. The molecular formula is C10H24N2. The van der Waals surface area contributed by atoms with E-state index in [0.29, 0.717) is 12.2 Å². The number of rotatable bonds is 7. The summed E-state index contributed by atoms with van der Waals surface area (Å²) in [6.45, 7) is 6.68. The van der Waals surface area contributed by atoms with Crippen LogP contribution in [0.4, 0.5) is 0 Å². The Balaban J connectivity index is 3.51. The molecule has 2 unspecified atom stereocenters. The second-order valence-electron chi connectivity index (χ2n) is 3.46. The molecule has 0 aromatic carbocycles.